The molecule has 0 saturated carbocycles. The number of nitrogens with two attached hydrogens (primary N) is 2. The second-order valence-corrected chi connectivity index (χ2v) is 4.45. The van der Waals surface area contributed by atoms with Crippen molar-refractivity contribution >= 4 is 23.7 Å². The predicted molar refractivity (Wildman–Crippen MR) is 69.2 cm³/mol. The van der Waals surface area contributed by atoms with Gasteiger partial charge in [-0.2, -0.15) is 0 Å². The molecule has 0 bridgehead atoms. The molecule has 1 heterocycles. The van der Waals surface area contributed by atoms with Crippen molar-refractivity contribution in [2.45, 2.75) is 38.8 Å². The molecule has 19 heavy (non-hydrogen) atoms. The van der Waals surface area contributed by atoms with Gasteiger partial charge in [-0.3, -0.25) is 19.5 Å². The highest BCUT2D eigenvalue weighted by atomic mass is 16.2. The van der Waals surface area contributed by atoms with Crippen LogP contribution in [0.2, 0.25) is 0 Å². The fourth-order valence-corrected chi connectivity index (χ4v) is 1.80. The highest BCUT2D eigenvalue weighted by Crippen LogP contribution is 2.14. The summed E-state index contributed by atoms with van der Waals surface area (Å²) in [6, 6.07) is -1.88. The van der Waals surface area contributed by atoms with Crippen molar-refractivity contribution < 1.29 is 14.4 Å². The third-order valence-corrected chi connectivity index (χ3v) is 2.97. The van der Waals surface area contributed by atoms with Crippen molar-refractivity contribution in [2.24, 2.45) is 16.5 Å². The van der Waals surface area contributed by atoms with Gasteiger partial charge in [-0.1, -0.05) is 0 Å². The molecule has 8 nitrogen and oxygen atoms in total. The summed E-state index contributed by atoms with van der Waals surface area (Å²) in [5.41, 5.74) is 10.4. The number of guanidine groups is 1. The number of amides is 3. The molecule has 0 aromatic rings. The highest BCUT2D eigenvalue weighted by molar-refractivity contribution is 6.07. The van der Waals surface area contributed by atoms with Crippen molar-refractivity contribution in [3.63, 3.8) is 0 Å². The van der Waals surface area contributed by atoms with E-state index in [-0.39, 0.29) is 17.6 Å². The average Bonchev–Trinajstić information content (AvgIpc) is 2.59. The topological polar surface area (TPSA) is 131 Å². The molecular formula is C11H19N5O3. The molecule has 0 spiro atoms. The lowest BCUT2D eigenvalue weighted by atomic mass is 10.1. The Labute approximate surface area is 111 Å². The van der Waals surface area contributed by atoms with Crippen molar-refractivity contribution in [1.82, 2.24) is 10.2 Å². The molecule has 1 saturated heterocycles. The summed E-state index contributed by atoms with van der Waals surface area (Å²) in [6.07, 6.45) is 0.999. The molecule has 8 heteroatoms. The number of urea groups is 1. The Hall–Kier alpha value is -2.12. The summed E-state index contributed by atoms with van der Waals surface area (Å²) in [5, 5.41) is 2.55. The number of nitrogens with zero attached hydrogens (tertiary/aromatic N) is 2. The SMILES string of the molecule is CC(=O)[C@@H](C)N1C(=O)NC(CCCN=C(N)N)C1=O. The first-order valence-electron chi connectivity index (χ1n) is 6.04. The van der Waals surface area contributed by atoms with Crippen LogP contribution < -0.4 is 16.8 Å². The molecular weight excluding hydrogens is 250 g/mol. The number of carbonyl (C=O) groups excluding carboxylic acids is 3. The van der Waals surface area contributed by atoms with Crippen molar-refractivity contribution in [3.8, 4) is 0 Å². The van der Waals surface area contributed by atoms with Crippen LogP contribution in [0.25, 0.3) is 0 Å². The van der Waals surface area contributed by atoms with Crippen LogP contribution in [-0.4, -0.2) is 47.2 Å². The normalized spacial score (nSPS) is 20.1. The van der Waals surface area contributed by atoms with Crippen molar-refractivity contribution in [1.29, 1.82) is 0 Å². The van der Waals surface area contributed by atoms with Crippen LogP contribution in [0.5, 0.6) is 0 Å². The van der Waals surface area contributed by atoms with Crippen LogP contribution >= 0.6 is 0 Å². The van der Waals surface area contributed by atoms with E-state index in [0.717, 1.165) is 4.90 Å². The van der Waals surface area contributed by atoms with E-state index in [2.05, 4.69) is 10.3 Å². The van der Waals surface area contributed by atoms with E-state index in [1.807, 2.05) is 0 Å². The number of hydrogen-bond acceptors (Lipinski definition) is 4. The Bertz CT molecular complexity index is 417. The van der Waals surface area contributed by atoms with Gasteiger partial charge in [-0.25, -0.2) is 4.79 Å². The summed E-state index contributed by atoms with van der Waals surface area (Å²) in [6.45, 7) is 3.27. The standard InChI is InChI=1S/C11H19N5O3/c1-6(7(2)17)16-9(18)8(15-11(16)19)4-3-5-14-10(12)13/h6,8H,3-5H2,1-2H3,(H,15,19)(H4,12,13,14)/t6-,8?/m1/s1. The Morgan fingerprint density at radius 1 is 1.47 bits per heavy atom. The zero-order chi connectivity index (χ0) is 14.6. The first-order valence-corrected chi connectivity index (χ1v) is 6.04. The molecule has 2 atom stereocenters. The fraction of sp³-hybridized carbons (Fsp3) is 0.636. The Morgan fingerprint density at radius 2 is 2.11 bits per heavy atom. The van der Waals surface area contributed by atoms with E-state index in [1.54, 1.807) is 0 Å². The molecule has 1 rings (SSSR count). The lowest BCUT2D eigenvalue weighted by Crippen LogP contribution is -2.43. The van der Waals surface area contributed by atoms with Gasteiger partial charge >= 0.3 is 6.03 Å². The van der Waals surface area contributed by atoms with Gasteiger partial charge in [0.05, 0.1) is 6.04 Å². The number of hydrogen-bond donors (Lipinski definition) is 3. The van der Waals surface area contributed by atoms with Crippen molar-refractivity contribution in [2.75, 3.05) is 6.54 Å². The molecule has 0 aromatic heterocycles. The van der Waals surface area contributed by atoms with Gasteiger partial charge in [0.25, 0.3) is 5.91 Å². The van der Waals surface area contributed by atoms with E-state index in [0.29, 0.717) is 19.4 Å². The Balaban J connectivity index is 2.56. The lowest BCUT2D eigenvalue weighted by Gasteiger charge is -2.18. The second kappa shape index (κ2) is 6.17. The molecule has 1 aliphatic heterocycles. The quantitative estimate of drug-likeness (QED) is 0.245. The molecule has 0 aliphatic carbocycles. The zero-order valence-corrected chi connectivity index (χ0v) is 11.0. The molecule has 0 aromatic carbocycles. The number of aliphatic imine (C=N–C) groups is 1. The zero-order valence-electron chi connectivity index (χ0n) is 11.0. The van der Waals surface area contributed by atoms with Gasteiger partial charge in [0, 0.05) is 6.54 Å². The molecule has 5 N–H and O–H groups in total. The molecule has 106 valence electrons. The average molecular weight is 269 g/mol. The summed E-state index contributed by atoms with van der Waals surface area (Å²) in [4.78, 5) is 39.7. The molecule has 1 unspecified atom stereocenters. The first kappa shape index (κ1) is 14.9. The van der Waals surface area contributed by atoms with Crippen LogP contribution in [0.3, 0.4) is 0 Å². The van der Waals surface area contributed by atoms with Gasteiger partial charge in [0.1, 0.15) is 6.04 Å². The summed E-state index contributed by atoms with van der Waals surface area (Å²) in [5.74, 6) is -0.615. The third-order valence-electron chi connectivity index (χ3n) is 2.97. The minimum atomic E-state index is -0.741. The van der Waals surface area contributed by atoms with Crippen LogP contribution in [0.15, 0.2) is 4.99 Å². The maximum atomic E-state index is 12.0. The van der Waals surface area contributed by atoms with Gasteiger partial charge in [0.15, 0.2) is 11.7 Å². The number of Topliss-reactive ketones (excluding diaryl/α,β-unsaturated/α-hetero) is 1. The minimum absolute atomic E-state index is 0.00591. The van der Waals surface area contributed by atoms with Crippen molar-refractivity contribution in [3.05, 3.63) is 0 Å². The van der Waals surface area contributed by atoms with Crippen LogP contribution in [0.1, 0.15) is 26.7 Å². The van der Waals surface area contributed by atoms with E-state index < -0.39 is 18.1 Å². The number of rotatable bonds is 6. The minimum Gasteiger partial charge on any atom is -0.370 e. The third kappa shape index (κ3) is 3.67. The van der Waals surface area contributed by atoms with E-state index >= 15 is 0 Å². The van der Waals surface area contributed by atoms with Gasteiger partial charge < -0.3 is 16.8 Å². The number of ketones is 1. The number of imide groups is 1. The van der Waals surface area contributed by atoms with Crippen LogP contribution in [0, 0.1) is 0 Å². The second-order valence-electron chi connectivity index (χ2n) is 4.45. The molecule has 3 amide bonds. The monoisotopic (exact) mass is 269 g/mol. The van der Waals surface area contributed by atoms with Gasteiger partial charge in [-0.15, -0.1) is 0 Å². The lowest BCUT2D eigenvalue weighted by molar-refractivity contribution is -0.133. The van der Waals surface area contributed by atoms with E-state index in [9.17, 15) is 14.4 Å². The van der Waals surface area contributed by atoms with Gasteiger partial charge in [0.2, 0.25) is 0 Å². The maximum absolute atomic E-state index is 12.0. The molecule has 1 fully saturated rings. The van der Waals surface area contributed by atoms with E-state index in [4.69, 9.17) is 11.5 Å². The predicted octanol–water partition coefficient (Wildman–Crippen LogP) is -1.06. The fourth-order valence-electron chi connectivity index (χ4n) is 1.80. The van der Waals surface area contributed by atoms with E-state index in [1.165, 1.54) is 13.8 Å². The molecule has 0 radical (unpaired) electrons. The number of nitrogens with one attached hydrogen (secondary N) is 1. The smallest absolute Gasteiger partial charge is 0.325 e. The Morgan fingerprint density at radius 3 is 2.63 bits per heavy atom. The maximum Gasteiger partial charge on any atom is 0.325 e. The summed E-state index contributed by atoms with van der Waals surface area (Å²) >= 11 is 0. The number of carbonyl (C=O) groups is 3. The van der Waals surface area contributed by atoms with Gasteiger partial charge in [-0.05, 0) is 26.7 Å². The van der Waals surface area contributed by atoms with Crippen LogP contribution in [-0.2, 0) is 9.59 Å². The Kier molecular flexibility index (Phi) is 4.85. The molecule has 1 aliphatic rings. The van der Waals surface area contributed by atoms with Crippen LogP contribution in [0.4, 0.5) is 4.79 Å². The largest absolute Gasteiger partial charge is 0.370 e. The summed E-state index contributed by atoms with van der Waals surface area (Å²) in [7, 11) is 0. The summed E-state index contributed by atoms with van der Waals surface area (Å²) < 4.78 is 0. The first-order chi connectivity index (χ1) is 8.84. The highest BCUT2D eigenvalue weighted by Gasteiger charge is 2.41.